The smallest absolute Gasteiger partial charge is 0.160 e. The topological polar surface area (TPSA) is 30.7 Å². The fourth-order valence-corrected chi connectivity index (χ4v) is 9.44. The van der Waals surface area contributed by atoms with Crippen LogP contribution in [0.25, 0.3) is 83.6 Å². The normalized spacial score (nSPS) is 14.1. The molecule has 0 N–H and O–H groups in total. The molecule has 0 bridgehead atoms. The first-order valence-electron chi connectivity index (χ1n) is 19.1. The molecule has 0 aliphatic heterocycles. The van der Waals surface area contributed by atoms with Crippen molar-refractivity contribution in [3.63, 3.8) is 0 Å². The molecule has 0 amide bonds. The average Bonchev–Trinajstić information content (AvgIpc) is 3.94. The summed E-state index contributed by atoms with van der Waals surface area (Å²) in [5.41, 5.74) is 16.8. The Hall–Kier alpha value is -6.58. The van der Waals surface area contributed by atoms with Gasteiger partial charge in [0.1, 0.15) is 0 Å². The fourth-order valence-electron chi connectivity index (χ4n) is 9.44. The summed E-state index contributed by atoms with van der Waals surface area (Å²) in [7, 11) is 0. The van der Waals surface area contributed by atoms with E-state index in [0.717, 1.165) is 33.8 Å². The molecule has 1 fully saturated rings. The van der Waals surface area contributed by atoms with E-state index < -0.39 is 0 Å². The average molecular weight is 692 g/mol. The first kappa shape index (κ1) is 31.0. The lowest BCUT2D eigenvalue weighted by Gasteiger charge is -2.26. The molecule has 2 aliphatic rings. The van der Waals surface area contributed by atoms with Crippen LogP contribution in [0.4, 0.5) is 0 Å². The van der Waals surface area contributed by atoms with Crippen LogP contribution < -0.4 is 0 Å². The Morgan fingerprint density at radius 2 is 1.02 bits per heavy atom. The summed E-state index contributed by atoms with van der Waals surface area (Å²) in [6, 6.07) is 63.6. The van der Waals surface area contributed by atoms with E-state index in [2.05, 4.69) is 174 Å². The van der Waals surface area contributed by atoms with E-state index in [0.29, 0.717) is 5.82 Å². The highest BCUT2D eigenvalue weighted by atomic mass is 15.0. The summed E-state index contributed by atoms with van der Waals surface area (Å²) in [6.45, 7) is 0. The van der Waals surface area contributed by atoms with Crippen molar-refractivity contribution >= 4 is 21.8 Å². The van der Waals surface area contributed by atoms with Gasteiger partial charge in [0.15, 0.2) is 5.82 Å². The van der Waals surface area contributed by atoms with Crippen molar-refractivity contribution in [3.8, 4) is 61.8 Å². The molecule has 1 spiro atoms. The molecule has 11 rings (SSSR count). The maximum absolute atomic E-state index is 5.25. The van der Waals surface area contributed by atoms with Gasteiger partial charge in [0.05, 0.1) is 22.4 Å². The Balaban J connectivity index is 1.08. The third-order valence-corrected chi connectivity index (χ3v) is 12.0. The van der Waals surface area contributed by atoms with E-state index in [1.165, 1.54) is 80.9 Å². The SMILES string of the molecule is c1ccc(-c2ccc(-c3cc(-c4ccccc4)nc(-c4cccc(-n5c6ccccc6c6cc7c(cc65)C5(CCCC5)c5ccccc5-7)c4)n3)cc2)cc1. The Morgan fingerprint density at radius 1 is 0.407 bits per heavy atom. The molecule has 9 aromatic rings. The van der Waals surface area contributed by atoms with E-state index in [1.54, 1.807) is 0 Å². The summed E-state index contributed by atoms with van der Waals surface area (Å²) in [6.07, 6.45) is 4.98. The molecule has 0 atom stereocenters. The molecule has 1 saturated carbocycles. The van der Waals surface area contributed by atoms with E-state index in [4.69, 9.17) is 9.97 Å². The van der Waals surface area contributed by atoms with Gasteiger partial charge in [-0.15, -0.1) is 0 Å². The van der Waals surface area contributed by atoms with Crippen LogP contribution in [0.2, 0.25) is 0 Å². The summed E-state index contributed by atoms with van der Waals surface area (Å²) < 4.78 is 2.46. The number of para-hydroxylation sites is 1. The molecular formula is C51H37N3. The third kappa shape index (κ3) is 4.82. The quantitative estimate of drug-likeness (QED) is 0.180. The van der Waals surface area contributed by atoms with Crippen LogP contribution in [0.15, 0.2) is 176 Å². The predicted octanol–water partition coefficient (Wildman–Crippen LogP) is 13.1. The number of nitrogens with zero attached hydrogens (tertiary/aromatic N) is 3. The Kier molecular flexibility index (Phi) is 7.03. The molecule has 256 valence electrons. The highest BCUT2D eigenvalue weighted by Gasteiger charge is 2.45. The summed E-state index contributed by atoms with van der Waals surface area (Å²) >= 11 is 0. The summed E-state index contributed by atoms with van der Waals surface area (Å²) in [4.78, 5) is 10.5. The van der Waals surface area contributed by atoms with Gasteiger partial charge in [0.2, 0.25) is 0 Å². The molecule has 2 aliphatic carbocycles. The Labute approximate surface area is 315 Å². The lowest BCUT2D eigenvalue weighted by atomic mass is 9.76. The third-order valence-electron chi connectivity index (χ3n) is 12.0. The van der Waals surface area contributed by atoms with Crippen LogP contribution in [0.1, 0.15) is 36.8 Å². The van der Waals surface area contributed by atoms with Gasteiger partial charge in [-0.1, -0.05) is 152 Å². The second-order valence-corrected chi connectivity index (χ2v) is 14.9. The molecule has 3 nitrogen and oxygen atoms in total. The number of aromatic nitrogens is 3. The van der Waals surface area contributed by atoms with Gasteiger partial charge >= 0.3 is 0 Å². The zero-order chi connectivity index (χ0) is 35.6. The first-order valence-corrected chi connectivity index (χ1v) is 19.1. The zero-order valence-electron chi connectivity index (χ0n) is 29.9. The van der Waals surface area contributed by atoms with Crippen LogP contribution in [-0.4, -0.2) is 14.5 Å². The number of fused-ring (bicyclic) bond motifs is 8. The van der Waals surface area contributed by atoms with E-state index in [9.17, 15) is 0 Å². The van der Waals surface area contributed by atoms with E-state index in [-0.39, 0.29) is 5.41 Å². The molecule has 2 aromatic heterocycles. The molecule has 3 heteroatoms. The van der Waals surface area contributed by atoms with Gasteiger partial charge in [0, 0.05) is 38.6 Å². The van der Waals surface area contributed by atoms with Crippen molar-refractivity contribution in [1.29, 1.82) is 0 Å². The molecule has 0 radical (unpaired) electrons. The molecule has 2 heterocycles. The molecule has 0 saturated heterocycles. The first-order chi connectivity index (χ1) is 26.7. The highest BCUT2D eigenvalue weighted by molar-refractivity contribution is 6.11. The molecule has 7 aromatic carbocycles. The number of rotatable bonds is 5. The predicted molar refractivity (Wildman–Crippen MR) is 223 cm³/mol. The lowest BCUT2D eigenvalue weighted by Crippen LogP contribution is -2.20. The Morgan fingerprint density at radius 3 is 1.80 bits per heavy atom. The van der Waals surface area contributed by atoms with Crippen LogP contribution >= 0.6 is 0 Å². The largest absolute Gasteiger partial charge is 0.309 e. The summed E-state index contributed by atoms with van der Waals surface area (Å²) in [5.74, 6) is 0.711. The van der Waals surface area contributed by atoms with Crippen molar-refractivity contribution in [1.82, 2.24) is 14.5 Å². The Bertz CT molecular complexity index is 2860. The second-order valence-electron chi connectivity index (χ2n) is 14.9. The number of hydrogen-bond donors (Lipinski definition) is 0. The minimum atomic E-state index is 0.102. The van der Waals surface area contributed by atoms with Crippen LogP contribution in [0.3, 0.4) is 0 Å². The van der Waals surface area contributed by atoms with Crippen molar-refractivity contribution in [2.24, 2.45) is 0 Å². The van der Waals surface area contributed by atoms with Gasteiger partial charge < -0.3 is 4.57 Å². The van der Waals surface area contributed by atoms with Gasteiger partial charge in [-0.05, 0) is 82.6 Å². The fraction of sp³-hybridized carbons (Fsp3) is 0.0980. The van der Waals surface area contributed by atoms with Gasteiger partial charge in [-0.25, -0.2) is 9.97 Å². The maximum Gasteiger partial charge on any atom is 0.160 e. The van der Waals surface area contributed by atoms with Crippen LogP contribution in [-0.2, 0) is 5.41 Å². The van der Waals surface area contributed by atoms with E-state index in [1.807, 2.05) is 6.07 Å². The zero-order valence-corrected chi connectivity index (χ0v) is 29.9. The maximum atomic E-state index is 5.25. The molecule has 54 heavy (non-hydrogen) atoms. The summed E-state index contributed by atoms with van der Waals surface area (Å²) in [5, 5.41) is 2.57. The monoisotopic (exact) mass is 691 g/mol. The van der Waals surface area contributed by atoms with Crippen LogP contribution in [0, 0.1) is 0 Å². The number of hydrogen-bond acceptors (Lipinski definition) is 2. The van der Waals surface area contributed by atoms with Crippen molar-refractivity contribution in [2.75, 3.05) is 0 Å². The van der Waals surface area contributed by atoms with Crippen molar-refractivity contribution in [3.05, 3.63) is 187 Å². The van der Waals surface area contributed by atoms with Gasteiger partial charge in [0.25, 0.3) is 0 Å². The molecular weight excluding hydrogens is 655 g/mol. The highest BCUT2D eigenvalue weighted by Crippen LogP contribution is 2.58. The number of benzene rings is 7. The van der Waals surface area contributed by atoms with Crippen molar-refractivity contribution < 1.29 is 0 Å². The van der Waals surface area contributed by atoms with Gasteiger partial charge in [-0.3, -0.25) is 0 Å². The standard InChI is InChI=1S/C51H37N3/c1-3-14-34(15-4-1)35-24-26-37(27-25-35)47-33-46(36-16-5-2-6-17-36)52-50(53-47)38-18-13-19-39(30-38)54-48-23-10-8-21-41(48)43-31-42-40-20-7-9-22-44(40)51(28-11-12-29-51)45(42)32-49(43)54/h1-10,13-27,30-33H,11-12,28-29H2. The van der Waals surface area contributed by atoms with Gasteiger partial charge in [-0.2, -0.15) is 0 Å². The minimum absolute atomic E-state index is 0.102. The lowest BCUT2D eigenvalue weighted by molar-refractivity contribution is 0.550. The minimum Gasteiger partial charge on any atom is -0.309 e. The second kappa shape index (κ2) is 12.2. The molecule has 0 unspecified atom stereocenters. The van der Waals surface area contributed by atoms with E-state index >= 15 is 0 Å². The van der Waals surface area contributed by atoms with Crippen LogP contribution in [0.5, 0.6) is 0 Å². The van der Waals surface area contributed by atoms with Crippen molar-refractivity contribution in [2.45, 2.75) is 31.1 Å².